The molecule has 1 rings (SSSR count). The summed E-state index contributed by atoms with van der Waals surface area (Å²) in [4.78, 5) is 0. The number of hydrogen-bond acceptors (Lipinski definition) is 1. The Morgan fingerprint density at radius 1 is 1.44 bits per heavy atom. The van der Waals surface area contributed by atoms with Gasteiger partial charge in [0.1, 0.15) is 0 Å². The van der Waals surface area contributed by atoms with Crippen molar-refractivity contribution in [2.45, 2.75) is 20.8 Å². The van der Waals surface area contributed by atoms with E-state index in [1.54, 1.807) is 6.20 Å². The van der Waals surface area contributed by atoms with Crippen LogP contribution < -0.4 is 5.73 Å². The van der Waals surface area contributed by atoms with E-state index in [2.05, 4.69) is 26.8 Å². The lowest BCUT2D eigenvalue weighted by Crippen LogP contribution is -1.88. The van der Waals surface area contributed by atoms with Crippen molar-refractivity contribution >= 4 is 0 Å². The van der Waals surface area contributed by atoms with Crippen LogP contribution in [0.2, 0.25) is 0 Å². The fourth-order valence-electron chi connectivity index (χ4n) is 1.47. The monoisotopic (exact) mass is 125 g/mol. The van der Waals surface area contributed by atoms with Gasteiger partial charge in [-0.25, -0.2) is 0 Å². The predicted octanol–water partition coefficient (Wildman–Crippen LogP) is 1.75. The first-order valence-electron chi connectivity index (χ1n) is 3.49. The topological polar surface area (TPSA) is 26.0 Å². The van der Waals surface area contributed by atoms with Crippen LogP contribution in [0.15, 0.2) is 12.3 Å². The first-order valence-corrected chi connectivity index (χ1v) is 3.49. The molecule has 9 heavy (non-hydrogen) atoms. The van der Waals surface area contributed by atoms with Crippen LogP contribution in [0.3, 0.4) is 0 Å². The number of nitrogens with two attached hydrogens (primary N) is 1. The average molecular weight is 125 g/mol. The summed E-state index contributed by atoms with van der Waals surface area (Å²) in [5.74, 6) is 1.54. The molecule has 1 saturated carbocycles. The van der Waals surface area contributed by atoms with Crippen LogP contribution in [-0.2, 0) is 0 Å². The lowest BCUT2D eigenvalue weighted by atomic mass is 10.1. The van der Waals surface area contributed by atoms with Gasteiger partial charge in [-0.05, 0) is 23.5 Å². The molecular weight excluding hydrogens is 110 g/mol. The highest BCUT2D eigenvalue weighted by atomic mass is 14.6. The average Bonchev–Trinajstić information content (AvgIpc) is 2.19. The largest absolute Gasteiger partial charge is 0.405 e. The highest BCUT2D eigenvalue weighted by molar-refractivity contribution is 5.11. The van der Waals surface area contributed by atoms with Gasteiger partial charge in [0.05, 0.1) is 0 Å². The third-order valence-corrected chi connectivity index (χ3v) is 2.78. The molecule has 0 amide bonds. The van der Waals surface area contributed by atoms with E-state index in [0.29, 0.717) is 5.41 Å². The van der Waals surface area contributed by atoms with Gasteiger partial charge in [0.15, 0.2) is 0 Å². The molecule has 1 nitrogen and oxygen atoms in total. The second-order valence-electron chi connectivity index (χ2n) is 3.52. The molecule has 0 heterocycles. The Bertz CT molecular complexity index is 136. The molecule has 2 unspecified atom stereocenters. The van der Waals surface area contributed by atoms with Crippen molar-refractivity contribution in [2.24, 2.45) is 23.0 Å². The van der Waals surface area contributed by atoms with E-state index >= 15 is 0 Å². The molecule has 1 aliphatic rings. The van der Waals surface area contributed by atoms with Crippen LogP contribution in [0.25, 0.3) is 0 Å². The molecular formula is C8H15N. The Morgan fingerprint density at radius 2 is 1.89 bits per heavy atom. The zero-order valence-electron chi connectivity index (χ0n) is 6.39. The first-order chi connectivity index (χ1) is 4.10. The molecule has 0 radical (unpaired) electrons. The van der Waals surface area contributed by atoms with Gasteiger partial charge in [-0.1, -0.05) is 26.8 Å². The minimum absolute atomic E-state index is 0.510. The van der Waals surface area contributed by atoms with Crippen LogP contribution in [0.4, 0.5) is 0 Å². The molecule has 0 aromatic rings. The second-order valence-corrected chi connectivity index (χ2v) is 3.52. The third-order valence-electron chi connectivity index (χ3n) is 2.78. The SMILES string of the molecule is CC1C(/C=C/N)C1(C)C. The van der Waals surface area contributed by atoms with Crippen LogP contribution >= 0.6 is 0 Å². The number of hydrogen-bond donors (Lipinski definition) is 1. The van der Waals surface area contributed by atoms with Crippen molar-refractivity contribution in [3.8, 4) is 0 Å². The molecule has 2 atom stereocenters. The zero-order chi connectivity index (χ0) is 7.07. The minimum atomic E-state index is 0.510. The van der Waals surface area contributed by atoms with Crippen LogP contribution in [0.5, 0.6) is 0 Å². The molecule has 1 aliphatic carbocycles. The molecule has 0 aromatic carbocycles. The van der Waals surface area contributed by atoms with E-state index in [1.807, 2.05) is 0 Å². The molecule has 2 N–H and O–H groups in total. The van der Waals surface area contributed by atoms with Gasteiger partial charge < -0.3 is 5.73 Å². The van der Waals surface area contributed by atoms with E-state index in [0.717, 1.165) is 11.8 Å². The summed E-state index contributed by atoms with van der Waals surface area (Å²) >= 11 is 0. The summed E-state index contributed by atoms with van der Waals surface area (Å²) in [5.41, 5.74) is 5.78. The van der Waals surface area contributed by atoms with Gasteiger partial charge in [-0.3, -0.25) is 0 Å². The van der Waals surface area contributed by atoms with Gasteiger partial charge in [0, 0.05) is 0 Å². The fourth-order valence-corrected chi connectivity index (χ4v) is 1.47. The second kappa shape index (κ2) is 1.76. The van der Waals surface area contributed by atoms with Crippen molar-refractivity contribution in [1.82, 2.24) is 0 Å². The van der Waals surface area contributed by atoms with E-state index in [-0.39, 0.29) is 0 Å². The molecule has 52 valence electrons. The van der Waals surface area contributed by atoms with Crippen molar-refractivity contribution in [2.75, 3.05) is 0 Å². The molecule has 0 aromatic heterocycles. The van der Waals surface area contributed by atoms with Gasteiger partial charge in [0.2, 0.25) is 0 Å². The molecule has 0 saturated heterocycles. The predicted molar refractivity (Wildman–Crippen MR) is 39.8 cm³/mol. The summed E-state index contributed by atoms with van der Waals surface area (Å²) in [6.45, 7) is 6.83. The third kappa shape index (κ3) is 0.846. The van der Waals surface area contributed by atoms with Crippen molar-refractivity contribution in [3.63, 3.8) is 0 Å². The lowest BCUT2D eigenvalue weighted by Gasteiger charge is -1.95. The van der Waals surface area contributed by atoms with E-state index in [1.165, 1.54) is 0 Å². The Hall–Kier alpha value is -0.460. The molecule has 0 bridgehead atoms. The van der Waals surface area contributed by atoms with Crippen LogP contribution in [0, 0.1) is 17.3 Å². The maximum atomic E-state index is 5.27. The van der Waals surface area contributed by atoms with E-state index in [9.17, 15) is 0 Å². The highest BCUT2D eigenvalue weighted by Gasteiger charge is 2.52. The van der Waals surface area contributed by atoms with E-state index in [4.69, 9.17) is 5.73 Å². The summed E-state index contributed by atoms with van der Waals surface area (Å²) < 4.78 is 0. The highest BCUT2D eigenvalue weighted by Crippen LogP contribution is 2.58. The van der Waals surface area contributed by atoms with Gasteiger partial charge in [-0.15, -0.1) is 0 Å². The van der Waals surface area contributed by atoms with Crippen LogP contribution in [-0.4, -0.2) is 0 Å². The van der Waals surface area contributed by atoms with E-state index < -0.39 is 0 Å². The van der Waals surface area contributed by atoms with Gasteiger partial charge >= 0.3 is 0 Å². The molecule has 0 aliphatic heterocycles. The van der Waals surface area contributed by atoms with Gasteiger partial charge in [0.25, 0.3) is 0 Å². The summed E-state index contributed by atoms with van der Waals surface area (Å²) in [6, 6.07) is 0. The standard InChI is InChI=1S/C8H15N/c1-6-7(4-5-9)8(6,2)3/h4-7H,9H2,1-3H3/b5-4+. The van der Waals surface area contributed by atoms with Crippen molar-refractivity contribution in [1.29, 1.82) is 0 Å². The van der Waals surface area contributed by atoms with Gasteiger partial charge in [-0.2, -0.15) is 0 Å². The smallest absolute Gasteiger partial charge is 0.00999 e. The maximum Gasteiger partial charge on any atom is -0.00999 e. The van der Waals surface area contributed by atoms with Crippen molar-refractivity contribution in [3.05, 3.63) is 12.3 Å². The zero-order valence-corrected chi connectivity index (χ0v) is 6.39. The molecule has 1 fully saturated rings. The first kappa shape index (κ1) is 6.66. The number of rotatable bonds is 1. The quantitative estimate of drug-likeness (QED) is 0.567. The van der Waals surface area contributed by atoms with Crippen molar-refractivity contribution < 1.29 is 0 Å². The normalized spacial score (nSPS) is 39.4. The number of allylic oxidation sites excluding steroid dienone is 1. The van der Waals surface area contributed by atoms with Crippen LogP contribution in [0.1, 0.15) is 20.8 Å². The fraction of sp³-hybridized carbons (Fsp3) is 0.750. The Labute approximate surface area is 56.9 Å². The summed E-state index contributed by atoms with van der Waals surface area (Å²) in [6.07, 6.45) is 3.76. The summed E-state index contributed by atoms with van der Waals surface area (Å²) in [5, 5.41) is 0. The Morgan fingerprint density at radius 3 is 2.00 bits per heavy atom. The molecule has 1 heteroatoms. The lowest BCUT2D eigenvalue weighted by molar-refractivity contribution is 0.570. The minimum Gasteiger partial charge on any atom is -0.405 e. The summed E-state index contributed by atoms with van der Waals surface area (Å²) in [7, 11) is 0. The maximum absolute atomic E-state index is 5.27. The molecule has 0 spiro atoms. The Kier molecular flexibility index (Phi) is 1.30. The Balaban J connectivity index is 2.52.